The van der Waals surface area contributed by atoms with Gasteiger partial charge in [0.15, 0.2) is 5.12 Å². The summed E-state index contributed by atoms with van der Waals surface area (Å²) in [5.41, 5.74) is 1.13. The minimum atomic E-state index is -0.590. The fourth-order valence-corrected chi connectivity index (χ4v) is 3.36. The molecule has 28 heavy (non-hydrogen) atoms. The van der Waals surface area contributed by atoms with Crippen molar-refractivity contribution in [2.75, 3.05) is 13.2 Å². The predicted octanol–water partition coefficient (Wildman–Crippen LogP) is 4.10. The number of carbonyl (C=O) groups excluding carboxylic acids is 2. The first kappa shape index (κ1) is 23.8. The molecule has 2 N–H and O–H groups in total. The maximum absolute atomic E-state index is 12.4. The first-order valence-corrected chi connectivity index (χ1v) is 10.1. The second-order valence-corrected chi connectivity index (χ2v) is 7.99. The van der Waals surface area contributed by atoms with Gasteiger partial charge < -0.3 is 10.4 Å². The van der Waals surface area contributed by atoms with Crippen LogP contribution in [0.25, 0.3) is 0 Å². The number of non-ortho nitro benzene ring substituents is 1. The molecule has 0 saturated carbocycles. The monoisotopic (exact) mass is 408 g/mol. The molecule has 1 amide bonds. The van der Waals surface area contributed by atoms with E-state index in [1.807, 2.05) is 0 Å². The number of nitrogens with zero attached hydrogens (tertiary/aromatic N) is 1. The first-order valence-electron chi connectivity index (χ1n) is 9.26. The van der Waals surface area contributed by atoms with Gasteiger partial charge >= 0.3 is 0 Å². The average molecular weight is 409 g/mol. The highest BCUT2D eigenvalue weighted by molar-refractivity contribution is 8.13. The normalized spacial score (nSPS) is 11.6. The van der Waals surface area contributed by atoms with Gasteiger partial charge in [-0.25, -0.2) is 0 Å². The molecular weight excluding hydrogens is 380 g/mol. The molecular formula is C20H28N2O5S. The molecule has 0 aliphatic rings. The zero-order valence-corrected chi connectivity index (χ0v) is 17.4. The molecule has 0 radical (unpaired) electrons. The standard InChI is InChI=1S/C20H28N2O5S/c1-14(2)5-4-6-15(3)7-10-19(24)28-18-9-8-16(22(26)27)13-17(18)20(25)21-11-12-23/h5,8-9,13,15,23H,4,6-7,10-12H2,1-3H3,(H,21,25). The molecule has 1 rings (SSSR count). The van der Waals surface area contributed by atoms with Gasteiger partial charge in [-0.05, 0) is 45.1 Å². The Bertz CT molecular complexity index is 729. The van der Waals surface area contributed by atoms with Gasteiger partial charge in [0.1, 0.15) is 0 Å². The predicted molar refractivity (Wildman–Crippen MR) is 110 cm³/mol. The van der Waals surface area contributed by atoms with Gasteiger partial charge in [-0.15, -0.1) is 0 Å². The van der Waals surface area contributed by atoms with Crippen LogP contribution in [-0.4, -0.2) is 34.2 Å². The van der Waals surface area contributed by atoms with Gasteiger partial charge in [0.2, 0.25) is 0 Å². The van der Waals surface area contributed by atoms with E-state index in [0.717, 1.165) is 37.1 Å². The van der Waals surface area contributed by atoms with Crippen LogP contribution in [0.5, 0.6) is 0 Å². The van der Waals surface area contributed by atoms with Crippen molar-refractivity contribution in [1.82, 2.24) is 5.32 Å². The average Bonchev–Trinajstić information content (AvgIpc) is 2.64. The quantitative estimate of drug-likeness (QED) is 0.247. The van der Waals surface area contributed by atoms with Crippen LogP contribution in [0.3, 0.4) is 0 Å². The van der Waals surface area contributed by atoms with Crippen LogP contribution in [0, 0.1) is 16.0 Å². The molecule has 0 fully saturated rings. The van der Waals surface area contributed by atoms with E-state index in [2.05, 4.69) is 32.2 Å². The molecule has 8 heteroatoms. The summed E-state index contributed by atoms with van der Waals surface area (Å²) in [6.45, 7) is 6.01. The fourth-order valence-electron chi connectivity index (χ4n) is 2.50. The highest BCUT2D eigenvalue weighted by Gasteiger charge is 2.19. The lowest BCUT2D eigenvalue weighted by atomic mass is 9.99. The van der Waals surface area contributed by atoms with Crippen LogP contribution in [0.1, 0.15) is 56.8 Å². The Labute approximate surface area is 169 Å². The largest absolute Gasteiger partial charge is 0.395 e. The van der Waals surface area contributed by atoms with Crippen molar-refractivity contribution in [3.63, 3.8) is 0 Å². The molecule has 0 heterocycles. The SMILES string of the molecule is CC(C)=CCCC(C)CCC(=O)Sc1ccc([N+](=O)[O-])cc1C(=O)NCCO. The number of rotatable bonds is 11. The van der Waals surface area contributed by atoms with Gasteiger partial charge in [-0.2, -0.15) is 0 Å². The van der Waals surface area contributed by atoms with E-state index in [1.165, 1.54) is 17.7 Å². The van der Waals surface area contributed by atoms with Gasteiger partial charge in [0.25, 0.3) is 11.6 Å². The van der Waals surface area contributed by atoms with Crippen molar-refractivity contribution >= 4 is 28.5 Å². The minimum Gasteiger partial charge on any atom is -0.395 e. The third kappa shape index (κ3) is 8.67. The number of carbonyl (C=O) groups is 2. The zero-order valence-electron chi connectivity index (χ0n) is 16.6. The van der Waals surface area contributed by atoms with Crippen molar-refractivity contribution in [3.05, 3.63) is 45.5 Å². The number of nitro benzene ring substituents is 1. The Kier molecular flexibility index (Phi) is 10.5. The number of aliphatic hydroxyl groups excluding tert-OH is 1. The molecule has 0 spiro atoms. The summed E-state index contributed by atoms with van der Waals surface area (Å²) in [5, 5.41) is 22.2. The molecule has 1 aromatic carbocycles. The van der Waals surface area contributed by atoms with E-state index in [-0.39, 0.29) is 29.5 Å². The van der Waals surface area contributed by atoms with Gasteiger partial charge in [0, 0.05) is 30.0 Å². The summed E-state index contributed by atoms with van der Waals surface area (Å²) < 4.78 is 0. The number of amides is 1. The summed E-state index contributed by atoms with van der Waals surface area (Å²) in [6.07, 6.45) is 5.30. The third-order valence-electron chi connectivity index (χ3n) is 4.09. The molecule has 154 valence electrons. The van der Waals surface area contributed by atoms with Crippen LogP contribution in [0.15, 0.2) is 34.7 Å². The molecule has 0 bridgehead atoms. The second kappa shape index (κ2) is 12.3. The highest BCUT2D eigenvalue weighted by atomic mass is 32.2. The molecule has 0 aliphatic carbocycles. The Morgan fingerprint density at radius 2 is 2.04 bits per heavy atom. The number of thioether (sulfide) groups is 1. The Balaban J connectivity index is 2.75. The van der Waals surface area contributed by atoms with Gasteiger partial charge in [0.05, 0.1) is 17.1 Å². The number of hydrogen-bond acceptors (Lipinski definition) is 6. The molecule has 0 aromatic heterocycles. The van der Waals surface area contributed by atoms with Crippen LogP contribution in [0.2, 0.25) is 0 Å². The molecule has 0 saturated heterocycles. The number of allylic oxidation sites excluding steroid dienone is 2. The van der Waals surface area contributed by atoms with E-state index in [9.17, 15) is 19.7 Å². The van der Waals surface area contributed by atoms with E-state index in [4.69, 9.17) is 5.11 Å². The maximum Gasteiger partial charge on any atom is 0.270 e. The van der Waals surface area contributed by atoms with Crippen LogP contribution in [0.4, 0.5) is 5.69 Å². The number of nitro groups is 1. The number of aliphatic hydroxyl groups is 1. The van der Waals surface area contributed by atoms with Gasteiger partial charge in [-0.3, -0.25) is 19.7 Å². The molecule has 1 atom stereocenters. The van der Waals surface area contributed by atoms with Crippen molar-refractivity contribution in [1.29, 1.82) is 0 Å². The van der Waals surface area contributed by atoms with Gasteiger partial charge in [-0.1, -0.05) is 30.3 Å². The molecule has 1 unspecified atom stereocenters. The summed E-state index contributed by atoms with van der Waals surface area (Å²) in [4.78, 5) is 35.4. The lowest BCUT2D eigenvalue weighted by Gasteiger charge is -2.11. The van der Waals surface area contributed by atoms with Crippen molar-refractivity contribution in [2.45, 2.75) is 51.3 Å². The van der Waals surface area contributed by atoms with E-state index < -0.39 is 10.8 Å². The lowest BCUT2D eigenvalue weighted by Crippen LogP contribution is -2.27. The van der Waals surface area contributed by atoms with Crippen molar-refractivity contribution in [2.24, 2.45) is 5.92 Å². The first-order chi connectivity index (χ1) is 13.2. The number of nitrogens with one attached hydrogen (secondary N) is 1. The number of hydrogen-bond donors (Lipinski definition) is 2. The summed E-state index contributed by atoms with van der Waals surface area (Å²) in [7, 11) is 0. The van der Waals surface area contributed by atoms with Crippen LogP contribution in [-0.2, 0) is 4.79 Å². The maximum atomic E-state index is 12.4. The summed E-state index contributed by atoms with van der Waals surface area (Å²) in [6, 6.07) is 3.86. The van der Waals surface area contributed by atoms with E-state index in [0.29, 0.717) is 17.2 Å². The molecule has 1 aromatic rings. The molecule has 7 nitrogen and oxygen atoms in total. The smallest absolute Gasteiger partial charge is 0.270 e. The molecule has 0 aliphatic heterocycles. The van der Waals surface area contributed by atoms with Crippen LogP contribution < -0.4 is 5.32 Å². The second-order valence-electron chi connectivity index (χ2n) is 6.89. The summed E-state index contributed by atoms with van der Waals surface area (Å²) >= 11 is 0.926. The Morgan fingerprint density at radius 3 is 2.64 bits per heavy atom. The lowest BCUT2D eigenvalue weighted by molar-refractivity contribution is -0.384. The third-order valence-corrected chi connectivity index (χ3v) is 5.10. The van der Waals surface area contributed by atoms with Crippen molar-refractivity contribution in [3.8, 4) is 0 Å². The topological polar surface area (TPSA) is 110 Å². The number of benzene rings is 1. The Morgan fingerprint density at radius 1 is 1.32 bits per heavy atom. The van der Waals surface area contributed by atoms with E-state index in [1.54, 1.807) is 0 Å². The fraction of sp³-hybridized carbons (Fsp3) is 0.500. The summed E-state index contributed by atoms with van der Waals surface area (Å²) in [5.74, 6) is -0.146. The van der Waals surface area contributed by atoms with E-state index >= 15 is 0 Å². The van der Waals surface area contributed by atoms with Crippen molar-refractivity contribution < 1.29 is 19.6 Å². The van der Waals surface area contributed by atoms with Crippen LogP contribution >= 0.6 is 11.8 Å². The Hall–Kier alpha value is -2.19. The minimum absolute atomic E-state index is 0.0305. The highest BCUT2D eigenvalue weighted by Crippen LogP contribution is 2.29. The zero-order chi connectivity index (χ0) is 21.1.